The van der Waals surface area contributed by atoms with Gasteiger partial charge in [0.05, 0.1) is 12.2 Å². The number of amides is 1. The van der Waals surface area contributed by atoms with Gasteiger partial charge in [-0.2, -0.15) is 5.10 Å². The van der Waals surface area contributed by atoms with Gasteiger partial charge in [0, 0.05) is 17.2 Å². The summed E-state index contributed by atoms with van der Waals surface area (Å²) < 4.78 is 0. The van der Waals surface area contributed by atoms with Crippen molar-refractivity contribution in [1.29, 1.82) is 0 Å². The van der Waals surface area contributed by atoms with Crippen molar-refractivity contribution in [2.45, 2.75) is 40.2 Å². The molecule has 1 aromatic rings. The summed E-state index contributed by atoms with van der Waals surface area (Å²) in [5, 5.41) is 9.57. The van der Waals surface area contributed by atoms with E-state index in [2.05, 4.69) is 15.5 Å². The fraction of sp³-hybridized carbons (Fsp3) is 0.636. The van der Waals surface area contributed by atoms with Gasteiger partial charge in [0.15, 0.2) is 0 Å². The number of carbonyl (C=O) groups is 1. The van der Waals surface area contributed by atoms with Crippen LogP contribution in [0.25, 0.3) is 0 Å². The standard InChI is InChI=1S/C11H19N3O/c1-5-11(3,4)10(15)14-8(2)9-6-12-13-7-9/h6-8H,5H2,1-4H3,(H,12,13)(H,14,15). The summed E-state index contributed by atoms with van der Waals surface area (Å²) in [4.78, 5) is 11.9. The van der Waals surface area contributed by atoms with Gasteiger partial charge in [0.1, 0.15) is 0 Å². The SMILES string of the molecule is CCC(C)(C)C(=O)NC(C)c1cn[nH]c1. The first kappa shape index (κ1) is 11.8. The molecule has 84 valence electrons. The first-order valence-corrected chi connectivity index (χ1v) is 5.27. The fourth-order valence-electron chi connectivity index (χ4n) is 1.13. The molecule has 0 radical (unpaired) electrons. The zero-order valence-electron chi connectivity index (χ0n) is 9.79. The van der Waals surface area contributed by atoms with Crippen molar-refractivity contribution < 1.29 is 4.79 Å². The maximum atomic E-state index is 11.9. The van der Waals surface area contributed by atoms with E-state index in [1.165, 1.54) is 0 Å². The Labute approximate surface area is 90.5 Å². The lowest BCUT2D eigenvalue weighted by molar-refractivity contribution is -0.130. The van der Waals surface area contributed by atoms with Gasteiger partial charge >= 0.3 is 0 Å². The van der Waals surface area contributed by atoms with E-state index < -0.39 is 0 Å². The molecule has 0 saturated carbocycles. The molecule has 15 heavy (non-hydrogen) atoms. The summed E-state index contributed by atoms with van der Waals surface area (Å²) in [6.45, 7) is 7.87. The lowest BCUT2D eigenvalue weighted by atomic mass is 9.89. The molecule has 4 heteroatoms. The van der Waals surface area contributed by atoms with Crippen molar-refractivity contribution in [3.63, 3.8) is 0 Å². The van der Waals surface area contributed by atoms with Crippen LogP contribution in [0.15, 0.2) is 12.4 Å². The topological polar surface area (TPSA) is 57.8 Å². The Bertz CT molecular complexity index is 317. The van der Waals surface area contributed by atoms with Crippen molar-refractivity contribution in [2.75, 3.05) is 0 Å². The molecular weight excluding hydrogens is 190 g/mol. The summed E-state index contributed by atoms with van der Waals surface area (Å²) in [6.07, 6.45) is 4.35. The van der Waals surface area contributed by atoms with Gasteiger partial charge in [-0.15, -0.1) is 0 Å². The van der Waals surface area contributed by atoms with Gasteiger partial charge < -0.3 is 5.32 Å². The van der Waals surface area contributed by atoms with Gasteiger partial charge in [-0.05, 0) is 13.3 Å². The number of carbonyl (C=O) groups excluding carboxylic acids is 1. The van der Waals surface area contributed by atoms with Gasteiger partial charge in [-0.3, -0.25) is 9.89 Å². The lowest BCUT2D eigenvalue weighted by Crippen LogP contribution is -2.37. The fourth-order valence-corrected chi connectivity index (χ4v) is 1.13. The average Bonchev–Trinajstić information content (AvgIpc) is 2.70. The molecule has 0 aliphatic rings. The Morgan fingerprint density at radius 2 is 2.33 bits per heavy atom. The molecule has 0 saturated heterocycles. The molecule has 1 atom stereocenters. The molecule has 0 spiro atoms. The van der Waals surface area contributed by atoms with Crippen LogP contribution in [0.1, 0.15) is 45.7 Å². The van der Waals surface area contributed by atoms with Crippen molar-refractivity contribution in [3.8, 4) is 0 Å². The van der Waals surface area contributed by atoms with E-state index in [9.17, 15) is 4.79 Å². The van der Waals surface area contributed by atoms with Crippen LogP contribution in [-0.4, -0.2) is 16.1 Å². The highest BCUT2D eigenvalue weighted by Crippen LogP contribution is 2.21. The molecule has 1 aromatic heterocycles. The number of hydrogen-bond donors (Lipinski definition) is 2. The Kier molecular flexibility index (Phi) is 3.50. The number of nitrogens with one attached hydrogen (secondary N) is 2. The third-order valence-corrected chi connectivity index (χ3v) is 2.87. The number of hydrogen-bond acceptors (Lipinski definition) is 2. The predicted octanol–water partition coefficient (Wildman–Crippen LogP) is 2.02. The normalized spacial score (nSPS) is 13.6. The monoisotopic (exact) mass is 209 g/mol. The highest BCUT2D eigenvalue weighted by atomic mass is 16.2. The Morgan fingerprint density at radius 1 is 1.67 bits per heavy atom. The second-order valence-corrected chi connectivity index (χ2v) is 4.46. The van der Waals surface area contributed by atoms with Crippen LogP contribution in [0.2, 0.25) is 0 Å². The summed E-state index contributed by atoms with van der Waals surface area (Å²) in [5.41, 5.74) is 0.688. The van der Waals surface area contributed by atoms with Gasteiger partial charge in [-0.25, -0.2) is 0 Å². The highest BCUT2D eigenvalue weighted by Gasteiger charge is 2.26. The maximum Gasteiger partial charge on any atom is 0.226 e. The number of nitrogens with zero attached hydrogens (tertiary/aromatic N) is 1. The molecule has 1 amide bonds. The molecule has 4 nitrogen and oxygen atoms in total. The molecule has 1 rings (SSSR count). The second kappa shape index (κ2) is 4.47. The van der Waals surface area contributed by atoms with Crippen molar-refractivity contribution in [2.24, 2.45) is 5.41 Å². The third-order valence-electron chi connectivity index (χ3n) is 2.87. The maximum absolute atomic E-state index is 11.9. The number of H-pyrrole nitrogens is 1. The van der Waals surface area contributed by atoms with Crippen LogP contribution in [0.4, 0.5) is 0 Å². The molecule has 0 aromatic carbocycles. The largest absolute Gasteiger partial charge is 0.349 e. The molecular formula is C11H19N3O. The number of aromatic amines is 1. The quantitative estimate of drug-likeness (QED) is 0.797. The summed E-state index contributed by atoms with van der Waals surface area (Å²) in [7, 11) is 0. The molecule has 1 heterocycles. The van der Waals surface area contributed by atoms with Crippen LogP contribution >= 0.6 is 0 Å². The minimum atomic E-state index is -0.308. The minimum Gasteiger partial charge on any atom is -0.349 e. The first-order chi connectivity index (χ1) is 6.97. The molecule has 0 fully saturated rings. The van der Waals surface area contributed by atoms with E-state index in [0.717, 1.165) is 12.0 Å². The molecule has 0 bridgehead atoms. The van der Waals surface area contributed by atoms with Crippen LogP contribution in [0, 0.1) is 5.41 Å². The Balaban J connectivity index is 2.60. The average molecular weight is 209 g/mol. The highest BCUT2D eigenvalue weighted by molar-refractivity contribution is 5.82. The van der Waals surface area contributed by atoms with Crippen LogP contribution in [-0.2, 0) is 4.79 Å². The summed E-state index contributed by atoms with van der Waals surface area (Å²) in [6, 6.07) is 0.00192. The summed E-state index contributed by atoms with van der Waals surface area (Å²) >= 11 is 0. The third kappa shape index (κ3) is 2.81. The summed E-state index contributed by atoms with van der Waals surface area (Å²) in [5.74, 6) is 0.0821. The van der Waals surface area contributed by atoms with E-state index in [4.69, 9.17) is 0 Å². The van der Waals surface area contributed by atoms with Crippen LogP contribution in [0.5, 0.6) is 0 Å². The van der Waals surface area contributed by atoms with E-state index in [1.807, 2.05) is 27.7 Å². The van der Waals surface area contributed by atoms with Crippen molar-refractivity contribution in [3.05, 3.63) is 18.0 Å². The lowest BCUT2D eigenvalue weighted by Gasteiger charge is -2.24. The molecule has 0 aliphatic carbocycles. The minimum absolute atomic E-state index is 0.00192. The van der Waals surface area contributed by atoms with E-state index >= 15 is 0 Å². The number of aromatic nitrogens is 2. The smallest absolute Gasteiger partial charge is 0.226 e. The molecule has 1 unspecified atom stereocenters. The molecule has 0 aliphatic heterocycles. The van der Waals surface area contributed by atoms with Gasteiger partial charge in [-0.1, -0.05) is 20.8 Å². The van der Waals surface area contributed by atoms with Crippen molar-refractivity contribution in [1.82, 2.24) is 15.5 Å². The first-order valence-electron chi connectivity index (χ1n) is 5.27. The van der Waals surface area contributed by atoms with Crippen molar-refractivity contribution >= 4 is 5.91 Å². The Hall–Kier alpha value is -1.32. The molecule has 2 N–H and O–H groups in total. The zero-order chi connectivity index (χ0) is 11.5. The van der Waals surface area contributed by atoms with Gasteiger partial charge in [0.2, 0.25) is 5.91 Å². The van der Waals surface area contributed by atoms with E-state index in [0.29, 0.717) is 0 Å². The van der Waals surface area contributed by atoms with E-state index in [1.54, 1.807) is 12.4 Å². The van der Waals surface area contributed by atoms with Crippen LogP contribution in [0.3, 0.4) is 0 Å². The number of rotatable bonds is 4. The Morgan fingerprint density at radius 3 is 2.80 bits per heavy atom. The second-order valence-electron chi connectivity index (χ2n) is 4.46. The van der Waals surface area contributed by atoms with Gasteiger partial charge in [0.25, 0.3) is 0 Å². The predicted molar refractivity (Wildman–Crippen MR) is 59.2 cm³/mol. The van der Waals surface area contributed by atoms with Crippen LogP contribution < -0.4 is 5.32 Å². The van der Waals surface area contributed by atoms with E-state index in [-0.39, 0.29) is 17.4 Å². The zero-order valence-corrected chi connectivity index (χ0v) is 9.79.